The highest BCUT2D eigenvalue weighted by Gasteiger charge is 2.32. The van der Waals surface area contributed by atoms with Crippen LogP contribution in [0.1, 0.15) is 30.0 Å². The lowest BCUT2D eigenvalue weighted by Crippen LogP contribution is -2.34. The zero-order valence-corrected chi connectivity index (χ0v) is 16.4. The SMILES string of the molecule is C=C(N)c1sc2nccc3c2c1NC(=O)N3c1cnc(CC(C)C)cc1C. The maximum Gasteiger partial charge on any atom is 0.331 e. The molecule has 3 aromatic rings. The fourth-order valence-electron chi connectivity index (χ4n) is 3.42. The van der Waals surface area contributed by atoms with Gasteiger partial charge in [0.1, 0.15) is 4.83 Å². The summed E-state index contributed by atoms with van der Waals surface area (Å²) in [5, 5.41) is 3.85. The number of hydrogen-bond donors (Lipinski definition) is 2. The number of hydrogen-bond acceptors (Lipinski definition) is 5. The number of aryl methyl sites for hydroxylation is 1. The minimum Gasteiger partial charge on any atom is -0.398 e. The normalized spacial score (nSPS) is 13.3. The molecule has 0 unspecified atom stereocenters. The molecule has 0 aromatic carbocycles. The number of anilines is 3. The lowest BCUT2D eigenvalue weighted by Gasteiger charge is -2.29. The lowest BCUT2D eigenvalue weighted by molar-refractivity contribution is 0.259. The van der Waals surface area contributed by atoms with Gasteiger partial charge in [-0.2, -0.15) is 0 Å². The topological polar surface area (TPSA) is 84.1 Å². The molecule has 0 radical (unpaired) electrons. The predicted octanol–water partition coefficient (Wildman–Crippen LogP) is 4.81. The Bertz CT molecular complexity index is 1090. The van der Waals surface area contributed by atoms with Gasteiger partial charge in [-0.25, -0.2) is 9.78 Å². The van der Waals surface area contributed by atoms with Crippen molar-refractivity contribution < 1.29 is 4.79 Å². The molecule has 0 fully saturated rings. The minimum absolute atomic E-state index is 0.239. The summed E-state index contributed by atoms with van der Waals surface area (Å²) in [4.78, 5) is 25.2. The predicted molar refractivity (Wildman–Crippen MR) is 112 cm³/mol. The van der Waals surface area contributed by atoms with E-state index < -0.39 is 0 Å². The van der Waals surface area contributed by atoms with Crippen LogP contribution < -0.4 is 16.0 Å². The zero-order valence-electron chi connectivity index (χ0n) is 15.5. The summed E-state index contributed by atoms with van der Waals surface area (Å²) in [6.45, 7) is 10.1. The van der Waals surface area contributed by atoms with Crippen LogP contribution in [0.2, 0.25) is 0 Å². The molecule has 4 heterocycles. The van der Waals surface area contributed by atoms with Gasteiger partial charge in [-0.1, -0.05) is 20.4 Å². The molecule has 0 bridgehead atoms. The number of nitrogens with one attached hydrogen (secondary N) is 1. The van der Waals surface area contributed by atoms with E-state index in [0.717, 1.165) is 44.1 Å². The fraction of sp³-hybridized carbons (Fsp3) is 0.250. The molecule has 3 aromatic heterocycles. The van der Waals surface area contributed by atoms with E-state index in [-0.39, 0.29) is 6.03 Å². The first-order valence-corrected chi connectivity index (χ1v) is 9.61. The maximum atomic E-state index is 13.0. The Balaban J connectivity index is 1.88. The second kappa shape index (κ2) is 6.35. The Kier molecular flexibility index (Phi) is 4.11. The summed E-state index contributed by atoms with van der Waals surface area (Å²) < 4.78 is 0. The van der Waals surface area contributed by atoms with Crippen molar-refractivity contribution in [2.45, 2.75) is 27.2 Å². The molecular weight excluding hydrogens is 358 g/mol. The van der Waals surface area contributed by atoms with E-state index in [2.05, 4.69) is 41.8 Å². The van der Waals surface area contributed by atoms with Crippen molar-refractivity contribution >= 4 is 50.3 Å². The number of rotatable bonds is 4. The highest BCUT2D eigenvalue weighted by atomic mass is 32.1. The molecule has 0 aliphatic carbocycles. The Morgan fingerprint density at radius 3 is 2.81 bits per heavy atom. The Morgan fingerprint density at radius 1 is 1.37 bits per heavy atom. The third kappa shape index (κ3) is 2.84. The Labute approximate surface area is 161 Å². The summed E-state index contributed by atoms with van der Waals surface area (Å²) in [5.41, 5.74) is 10.6. The van der Waals surface area contributed by atoms with Gasteiger partial charge in [-0.05, 0) is 37.0 Å². The number of nitrogens with zero attached hydrogens (tertiary/aromatic N) is 3. The molecule has 2 amide bonds. The molecule has 27 heavy (non-hydrogen) atoms. The van der Waals surface area contributed by atoms with Crippen LogP contribution in [0.5, 0.6) is 0 Å². The molecule has 6 nitrogen and oxygen atoms in total. The Hall–Kier alpha value is -2.93. The lowest BCUT2D eigenvalue weighted by atomic mass is 10.0. The standard InChI is InChI=1S/C20H21N5OS/c1-10(2)7-13-8-11(3)15(9-23-13)25-14-5-6-22-19-16(14)17(24-20(25)26)18(27-19)12(4)21/h5-6,8-10H,4,7,21H2,1-3H3,(H,24,26). The molecule has 138 valence electrons. The van der Waals surface area contributed by atoms with Gasteiger partial charge in [0.05, 0.1) is 33.5 Å². The van der Waals surface area contributed by atoms with Crippen molar-refractivity contribution in [3.63, 3.8) is 0 Å². The molecule has 0 saturated carbocycles. The van der Waals surface area contributed by atoms with Crippen LogP contribution in [0.25, 0.3) is 15.9 Å². The van der Waals surface area contributed by atoms with E-state index in [1.165, 1.54) is 11.3 Å². The number of aromatic nitrogens is 2. The van der Waals surface area contributed by atoms with Crippen molar-refractivity contribution in [1.29, 1.82) is 0 Å². The number of amides is 2. The number of carbonyl (C=O) groups excluding carboxylic acids is 1. The highest BCUT2D eigenvalue weighted by molar-refractivity contribution is 7.20. The summed E-state index contributed by atoms with van der Waals surface area (Å²) in [7, 11) is 0. The highest BCUT2D eigenvalue weighted by Crippen LogP contribution is 2.47. The first-order valence-electron chi connectivity index (χ1n) is 8.79. The van der Waals surface area contributed by atoms with Gasteiger partial charge in [0.2, 0.25) is 0 Å². The van der Waals surface area contributed by atoms with Gasteiger partial charge >= 0.3 is 6.03 Å². The van der Waals surface area contributed by atoms with E-state index in [0.29, 0.717) is 17.3 Å². The quantitative estimate of drug-likeness (QED) is 0.681. The van der Waals surface area contributed by atoms with Crippen LogP contribution in [0.4, 0.5) is 21.9 Å². The molecule has 4 rings (SSSR count). The van der Waals surface area contributed by atoms with E-state index in [4.69, 9.17) is 5.73 Å². The number of nitrogens with two attached hydrogens (primary N) is 1. The number of carbonyl (C=O) groups is 1. The molecule has 3 N–H and O–H groups in total. The summed E-state index contributed by atoms with van der Waals surface area (Å²) in [6.07, 6.45) is 4.39. The average Bonchev–Trinajstić information content (AvgIpc) is 2.96. The van der Waals surface area contributed by atoms with Crippen LogP contribution in [0.15, 0.2) is 31.1 Å². The van der Waals surface area contributed by atoms with Crippen LogP contribution in [-0.2, 0) is 6.42 Å². The number of pyridine rings is 2. The van der Waals surface area contributed by atoms with Gasteiger partial charge in [0.25, 0.3) is 0 Å². The summed E-state index contributed by atoms with van der Waals surface area (Å²) in [5.74, 6) is 0.525. The first-order chi connectivity index (χ1) is 12.9. The monoisotopic (exact) mass is 379 g/mol. The van der Waals surface area contributed by atoms with Crippen molar-refractivity contribution in [2.75, 3.05) is 10.2 Å². The second-order valence-corrected chi connectivity index (χ2v) is 8.17. The number of thiophene rings is 1. The van der Waals surface area contributed by atoms with Crippen LogP contribution in [-0.4, -0.2) is 16.0 Å². The third-order valence-electron chi connectivity index (χ3n) is 4.54. The molecular formula is C20H21N5OS. The van der Waals surface area contributed by atoms with Gasteiger partial charge in [0, 0.05) is 17.6 Å². The van der Waals surface area contributed by atoms with Crippen molar-refractivity contribution in [3.8, 4) is 0 Å². The number of urea groups is 1. The van der Waals surface area contributed by atoms with E-state index >= 15 is 0 Å². The summed E-state index contributed by atoms with van der Waals surface area (Å²) in [6, 6.07) is 3.66. The van der Waals surface area contributed by atoms with Gasteiger partial charge in [-0.15, -0.1) is 11.3 Å². The third-order valence-corrected chi connectivity index (χ3v) is 5.71. The first kappa shape index (κ1) is 17.5. The fourth-order valence-corrected chi connectivity index (χ4v) is 4.42. The van der Waals surface area contributed by atoms with E-state index in [1.807, 2.05) is 13.0 Å². The van der Waals surface area contributed by atoms with Gasteiger partial charge in [0.15, 0.2) is 0 Å². The van der Waals surface area contributed by atoms with Crippen LogP contribution in [0, 0.1) is 12.8 Å². The van der Waals surface area contributed by atoms with Gasteiger partial charge in [-0.3, -0.25) is 9.88 Å². The molecule has 0 spiro atoms. The van der Waals surface area contributed by atoms with Crippen LogP contribution >= 0.6 is 11.3 Å². The maximum absolute atomic E-state index is 13.0. The molecule has 1 aliphatic rings. The minimum atomic E-state index is -0.239. The van der Waals surface area contributed by atoms with Crippen molar-refractivity contribution in [1.82, 2.24) is 9.97 Å². The van der Waals surface area contributed by atoms with Crippen LogP contribution in [0.3, 0.4) is 0 Å². The molecule has 0 saturated heterocycles. The molecule has 7 heteroatoms. The molecule has 0 atom stereocenters. The largest absolute Gasteiger partial charge is 0.398 e. The Morgan fingerprint density at radius 2 is 2.15 bits per heavy atom. The second-order valence-electron chi connectivity index (χ2n) is 7.17. The average molecular weight is 379 g/mol. The molecule has 1 aliphatic heterocycles. The van der Waals surface area contributed by atoms with Gasteiger partial charge < -0.3 is 11.1 Å². The van der Waals surface area contributed by atoms with Crippen molar-refractivity contribution in [2.24, 2.45) is 11.7 Å². The smallest absolute Gasteiger partial charge is 0.331 e. The van der Waals surface area contributed by atoms with Crippen molar-refractivity contribution in [3.05, 3.63) is 47.2 Å². The zero-order chi connectivity index (χ0) is 19.3. The van der Waals surface area contributed by atoms with E-state index in [1.54, 1.807) is 17.3 Å². The summed E-state index contributed by atoms with van der Waals surface area (Å²) >= 11 is 1.43. The van der Waals surface area contributed by atoms with E-state index in [9.17, 15) is 4.79 Å².